The molecule has 0 aliphatic carbocycles. The van der Waals surface area contributed by atoms with E-state index >= 15 is 0 Å². The molecule has 3 rings (SSSR count). The zero-order chi connectivity index (χ0) is 15.4. The SMILES string of the molecule is CC(CC(=O)NC1CCSc2ccccc21)C1CCNCC1.Cl. The molecule has 0 aromatic heterocycles. The van der Waals surface area contributed by atoms with Crippen LogP contribution in [0.3, 0.4) is 0 Å². The first-order valence-electron chi connectivity index (χ1n) is 8.46. The summed E-state index contributed by atoms with van der Waals surface area (Å²) in [4.78, 5) is 13.8. The van der Waals surface area contributed by atoms with Gasteiger partial charge < -0.3 is 10.6 Å². The molecule has 2 unspecified atom stereocenters. The van der Waals surface area contributed by atoms with E-state index in [4.69, 9.17) is 0 Å². The lowest BCUT2D eigenvalue weighted by molar-refractivity contribution is -0.123. The first kappa shape index (κ1) is 18.6. The number of carbonyl (C=O) groups is 1. The average molecular weight is 355 g/mol. The van der Waals surface area contributed by atoms with Crippen molar-refractivity contribution >= 4 is 30.1 Å². The Morgan fingerprint density at radius 2 is 2.04 bits per heavy atom. The summed E-state index contributed by atoms with van der Waals surface area (Å²) in [6, 6.07) is 8.67. The van der Waals surface area contributed by atoms with Crippen molar-refractivity contribution in [3.05, 3.63) is 29.8 Å². The van der Waals surface area contributed by atoms with Gasteiger partial charge >= 0.3 is 0 Å². The lowest BCUT2D eigenvalue weighted by Gasteiger charge is -2.29. The van der Waals surface area contributed by atoms with Gasteiger partial charge in [-0.2, -0.15) is 0 Å². The Labute approximate surface area is 149 Å². The third-order valence-corrected chi connectivity index (χ3v) is 6.11. The van der Waals surface area contributed by atoms with E-state index < -0.39 is 0 Å². The number of rotatable bonds is 4. The molecule has 1 saturated heterocycles. The summed E-state index contributed by atoms with van der Waals surface area (Å²) in [5, 5.41) is 6.67. The molecule has 0 saturated carbocycles. The molecule has 2 heterocycles. The fraction of sp³-hybridized carbons (Fsp3) is 0.611. The molecule has 2 aliphatic rings. The Kier molecular flexibility index (Phi) is 7.25. The zero-order valence-corrected chi connectivity index (χ0v) is 15.3. The van der Waals surface area contributed by atoms with Crippen LogP contribution < -0.4 is 10.6 Å². The van der Waals surface area contributed by atoms with Crippen LogP contribution in [0.1, 0.15) is 44.2 Å². The second kappa shape index (κ2) is 8.95. The average Bonchev–Trinajstić information content (AvgIpc) is 2.56. The Morgan fingerprint density at radius 1 is 1.30 bits per heavy atom. The number of hydrogen-bond acceptors (Lipinski definition) is 3. The number of carbonyl (C=O) groups excluding carboxylic acids is 1. The summed E-state index contributed by atoms with van der Waals surface area (Å²) in [6.07, 6.45) is 4.11. The molecule has 1 fully saturated rings. The fourth-order valence-electron chi connectivity index (χ4n) is 3.62. The van der Waals surface area contributed by atoms with Crippen molar-refractivity contribution in [2.24, 2.45) is 11.8 Å². The van der Waals surface area contributed by atoms with Gasteiger partial charge in [0.25, 0.3) is 0 Å². The van der Waals surface area contributed by atoms with Crippen LogP contribution in [0.5, 0.6) is 0 Å². The third kappa shape index (κ3) is 4.88. The Hall–Kier alpha value is -0.710. The molecule has 5 heteroatoms. The van der Waals surface area contributed by atoms with Crippen LogP contribution in [-0.2, 0) is 4.79 Å². The summed E-state index contributed by atoms with van der Waals surface area (Å²) in [5.41, 5.74) is 1.29. The minimum atomic E-state index is 0. The largest absolute Gasteiger partial charge is 0.349 e. The van der Waals surface area contributed by atoms with Crippen molar-refractivity contribution < 1.29 is 4.79 Å². The van der Waals surface area contributed by atoms with Crippen molar-refractivity contribution in [1.29, 1.82) is 0 Å². The number of nitrogens with one attached hydrogen (secondary N) is 2. The smallest absolute Gasteiger partial charge is 0.220 e. The van der Waals surface area contributed by atoms with E-state index in [2.05, 4.69) is 41.8 Å². The maximum absolute atomic E-state index is 12.4. The van der Waals surface area contributed by atoms with Crippen molar-refractivity contribution in [3.63, 3.8) is 0 Å². The fourth-order valence-corrected chi connectivity index (χ4v) is 4.74. The number of hydrogen-bond donors (Lipinski definition) is 2. The molecule has 23 heavy (non-hydrogen) atoms. The maximum Gasteiger partial charge on any atom is 0.220 e. The normalized spacial score (nSPS) is 22.6. The highest BCUT2D eigenvalue weighted by Crippen LogP contribution is 2.36. The van der Waals surface area contributed by atoms with Crippen LogP contribution in [0, 0.1) is 11.8 Å². The lowest BCUT2D eigenvalue weighted by Crippen LogP contribution is -2.35. The summed E-state index contributed by atoms with van der Waals surface area (Å²) in [6.45, 7) is 4.44. The molecule has 1 aromatic carbocycles. The van der Waals surface area contributed by atoms with Crippen molar-refractivity contribution in [2.75, 3.05) is 18.8 Å². The Balaban J connectivity index is 0.00000192. The summed E-state index contributed by atoms with van der Waals surface area (Å²) < 4.78 is 0. The highest BCUT2D eigenvalue weighted by atomic mass is 35.5. The maximum atomic E-state index is 12.4. The molecule has 0 bridgehead atoms. The standard InChI is InChI=1S/C18H26N2OS.ClH/c1-13(14-6-9-19-10-7-14)12-18(21)20-16-8-11-22-17-5-3-2-4-15(16)17;/h2-5,13-14,16,19H,6-12H2,1H3,(H,20,21);1H. The minimum absolute atomic E-state index is 0. The summed E-state index contributed by atoms with van der Waals surface area (Å²) >= 11 is 1.90. The monoisotopic (exact) mass is 354 g/mol. The third-order valence-electron chi connectivity index (χ3n) is 4.99. The van der Waals surface area contributed by atoms with Gasteiger partial charge in [-0.25, -0.2) is 0 Å². The summed E-state index contributed by atoms with van der Waals surface area (Å²) in [7, 11) is 0. The van der Waals surface area contributed by atoms with E-state index in [0.29, 0.717) is 18.3 Å². The van der Waals surface area contributed by atoms with Crippen LogP contribution in [0.15, 0.2) is 29.2 Å². The van der Waals surface area contributed by atoms with E-state index in [1.165, 1.54) is 23.3 Å². The predicted molar refractivity (Wildman–Crippen MR) is 99.3 cm³/mol. The molecular formula is C18H27ClN2OS. The molecular weight excluding hydrogens is 328 g/mol. The molecule has 1 amide bonds. The minimum Gasteiger partial charge on any atom is -0.349 e. The Morgan fingerprint density at radius 3 is 2.83 bits per heavy atom. The van der Waals surface area contributed by atoms with Crippen molar-refractivity contribution in [3.8, 4) is 0 Å². The molecule has 2 aliphatic heterocycles. The molecule has 3 nitrogen and oxygen atoms in total. The first-order valence-corrected chi connectivity index (χ1v) is 9.44. The highest BCUT2D eigenvalue weighted by molar-refractivity contribution is 7.99. The molecule has 2 atom stereocenters. The topological polar surface area (TPSA) is 41.1 Å². The van der Waals surface area contributed by atoms with Crippen molar-refractivity contribution in [1.82, 2.24) is 10.6 Å². The van der Waals surface area contributed by atoms with Crippen LogP contribution >= 0.6 is 24.2 Å². The van der Waals surface area contributed by atoms with Gasteiger partial charge in [-0.1, -0.05) is 25.1 Å². The highest BCUT2D eigenvalue weighted by Gasteiger charge is 2.25. The van der Waals surface area contributed by atoms with Gasteiger partial charge in [0.2, 0.25) is 5.91 Å². The quantitative estimate of drug-likeness (QED) is 0.864. The molecule has 1 aromatic rings. The zero-order valence-electron chi connectivity index (χ0n) is 13.7. The van der Waals surface area contributed by atoms with Gasteiger partial charge in [0, 0.05) is 17.1 Å². The van der Waals surface area contributed by atoms with Crippen LogP contribution in [0.4, 0.5) is 0 Å². The van der Waals surface area contributed by atoms with Gasteiger partial charge in [0.15, 0.2) is 0 Å². The molecule has 2 N–H and O–H groups in total. The van der Waals surface area contributed by atoms with Crippen LogP contribution in [0.2, 0.25) is 0 Å². The summed E-state index contributed by atoms with van der Waals surface area (Å²) in [5.74, 6) is 2.49. The second-order valence-corrected chi connectivity index (χ2v) is 7.70. The van der Waals surface area contributed by atoms with Gasteiger partial charge in [-0.3, -0.25) is 4.79 Å². The number of amides is 1. The van der Waals surface area contributed by atoms with Crippen LogP contribution in [-0.4, -0.2) is 24.7 Å². The number of fused-ring (bicyclic) bond motifs is 1. The molecule has 0 spiro atoms. The van der Waals surface area contributed by atoms with E-state index in [0.717, 1.165) is 25.3 Å². The predicted octanol–water partition coefficient (Wildman–Crippen LogP) is 3.79. The van der Waals surface area contributed by atoms with E-state index in [9.17, 15) is 4.79 Å². The number of benzene rings is 1. The van der Waals surface area contributed by atoms with E-state index in [1.807, 2.05) is 11.8 Å². The van der Waals surface area contributed by atoms with Gasteiger partial charge in [0.1, 0.15) is 0 Å². The molecule has 0 radical (unpaired) electrons. The number of thioether (sulfide) groups is 1. The number of halogens is 1. The molecule has 128 valence electrons. The Bertz CT molecular complexity index is 519. The van der Waals surface area contributed by atoms with Gasteiger partial charge in [-0.05, 0) is 55.8 Å². The van der Waals surface area contributed by atoms with E-state index in [-0.39, 0.29) is 24.4 Å². The van der Waals surface area contributed by atoms with Crippen molar-refractivity contribution in [2.45, 2.75) is 43.5 Å². The van der Waals surface area contributed by atoms with Gasteiger partial charge in [-0.15, -0.1) is 24.2 Å². The van der Waals surface area contributed by atoms with Crippen LogP contribution in [0.25, 0.3) is 0 Å². The first-order chi connectivity index (χ1) is 10.7. The second-order valence-electron chi connectivity index (χ2n) is 6.56. The van der Waals surface area contributed by atoms with Gasteiger partial charge in [0.05, 0.1) is 6.04 Å². The lowest BCUT2D eigenvalue weighted by atomic mass is 9.84. The number of piperidine rings is 1. The van der Waals surface area contributed by atoms with E-state index in [1.54, 1.807) is 0 Å².